The number of thiazole rings is 1. The molecular formula is C15H15ClN2O3S. The van der Waals surface area contributed by atoms with E-state index in [0.717, 1.165) is 11.3 Å². The summed E-state index contributed by atoms with van der Waals surface area (Å²) in [5, 5.41) is 3.33. The number of esters is 1. The zero-order valence-electron chi connectivity index (χ0n) is 12.3. The van der Waals surface area contributed by atoms with Gasteiger partial charge in [-0.25, -0.2) is 9.78 Å². The van der Waals surface area contributed by atoms with Gasteiger partial charge < -0.3 is 4.74 Å². The Labute approximate surface area is 137 Å². The van der Waals surface area contributed by atoms with E-state index in [-0.39, 0.29) is 12.0 Å². The van der Waals surface area contributed by atoms with Crippen molar-refractivity contribution in [2.45, 2.75) is 26.9 Å². The molecule has 0 saturated heterocycles. The minimum absolute atomic E-state index is 0.213. The van der Waals surface area contributed by atoms with Gasteiger partial charge in [0.15, 0.2) is 5.13 Å². The molecule has 0 aliphatic rings. The molecule has 0 spiro atoms. The average molecular weight is 339 g/mol. The first kappa shape index (κ1) is 16.5. The molecule has 0 unspecified atom stereocenters. The first-order chi connectivity index (χ1) is 10.4. The lowest BCUT2D eigenvalue weighted by molar-refractivity contribution is 0.0382. The van der Waals surface area contributed by atoms with Gasteiger partial charge in [0, 0.05) is 0 Å². The minimum atomic E-state index is -0.441. The quantitative estimate of drug-likeness (QED) is 0.858. The number of carbonyl (C=O) groups is 2. The number of anilines is 1. The van der Waals surface area contributed by atoms with Crippen LogP contribution in [0.1, 0.15) is 39.6 Å². The molecule has 1 N–H and O–H groups in total. The Kier molecular flexibility index (Phi) is 5.15. The van der Waals surface area contributed by atoms with Crippen LogP contribution >= 0.6 is 22.9 Å². The van der Waals surface area contributed by atoms with E-state index in [2.05, 4.69) is 10.3 Å². The molecule has 7 heteroatoms. The van der Waals surface area contributed by atoms with E-state index in [1.54, 1.807) is 45.0 Å². The topological polar surface area (TPSA) is 68.3 Å². The van der Waals surface area contributed by atoms with Gasteiger partial charge >= 0.3 is 5.97 Å². The van der Waals surface area contributed by atoms with Crippen LogP contribution in [0.4, 0.5) is 5.13 Å². The number of ether oxygens (including phenoxy) is 1. The molecule has 22 heavy (non-hydrogen) atoms. The number of hydrogen-bond acceptors (Lipinski definition) is 5. The molecule has 0 aliphatic heterocycles. The second kappa shape index (κ2) is 6.89. The summed E-state index contributed by atoms with van der Waals surface area (Å²) in [5.41, 5.74) is 0.869. The van der Waals surface area contributed by atoms with E-state index in [9.17, 15) is 9.59 Å². The van der Waals surface area contributed by atoms with E-state index < -0.39 is 5.97 Å². The maximum absolute atomic E-state index is 12.2. The van der Waals surface area contributed by atoms with Crippen LogP contribution in [0, 0.1) is 6.92 Å². The molecule has 1 amide bonds. The van der Waals surface area contributed by atoms with Gasteiger partial charge in [-0.2, -0.15) is 0 Å². The van der Waals surface area contributed by atoms with Gasteiger partial charge in [-0.15, -0.1) is 0 Å². The Morgan fingerprint density at radius 2 is 2.00 bits per heavy atom. The lowest BCUT2D eigenvalue weighted by atomic mass is 10.2. The van der Waals surface area contributed by atoms with E-state index in [1.807, 2.05) is 0 Å². The van der Waals surface area contributed by atoms with Crippen LogP contribution in [0.25, 0.3) is 0 Å². The predicted octanol–water partition coefficient (Wildman–Crippen LogP) is 3.92. The first-order valence-electron chi connectivity index (χ1n) is 6.62. The lowest BCUT2D eigenvalue weighted by Crippen LogP contribution is -2.12. The van der Waals surface area contributed by atoms with Crippen LogP contribution in [0.2, 0.25) is 5.02 Å². The number of benzene rings is 1. The van der Waals surface area contributed by atoms with Gasteiger partial charge in [0.05, 0.1) is 22.4 Å². The number of nitrogens with one attached hydrogen (secondary N) is 1. The molecule has 2 rings (SSSR count). The van der Waals surface area contributed by atoms with Gasteiger partial charge in [-0.3, -0.25) is 10.1 Å². The summed E-state index contributed by atoms with van der Waals surface area (Å²) in [7, 11) is 0. The fourth-order valence-corrected chi connectivity index (χ4v) is 2.78. The smallest absolute Gasteiger partial charge is 0.350 e. The van der Waals surface area contributed by atoms with E-state index in [0.29, 0.717) is 26.3 Å². The molecule has 116 valence electrons. The number of carbonyl (C=O) groups excluding carboxylic acids is 2. The summed E-state index contributed by atoms with van der Waals surface area (Å²) >= 11 is 7.06. The summed E-state index contributed by atoms with van der Waals surface area (Å²) in [5.74, 6) is -0.814. The standard InChI is InChI=1S/C15H15ClN2O3S/c1-8(2)21-14(20)12-9(3)17-15(22-12)18-13(19)10-6-4-5-7-11(10)16/h4-8H,1-3H3,(H,17,18,19). The third-order valence-corrected chi connectivity index (χ3v) is 4.05. The van der Waals surface area contributed by atoms with Crippen molar-refractivity contribution in [1.82, 2.24) is 4.98 Å². The predicted molar refractivity (Wildman–Crippen MR) is 86.8 cm³/mol. The third kappa shape index (κ3) is 3.84. The fraction of sp³-hybridized carbons (Fsp3) is 0.267. The molecule has 1 aromatic carbocycles. The largest absolute Gasteiger partial charge is 0.459 e. The number of aromatic nitrogens is 1. The Morgan fingerprint density at radius 3 is 2.64 bits per heavy atom. The van der Waals surface area contributed by atoms with Crippen LogP contribution in [-0.2, 0) is 4.74 Å². The molecular weight excluding hydrogens is 324 g/mol. The molecule has 5 nitrogen and oxygen atoms in total. The molecule has 0 bridgehead atoms. The van der Waals surface area contributed by atoms with Crippen LogP contribution in [0.15, 0.2) is 24.3 Å². The number of aryl methyl sites for hydroxylation is 1. The van der Waals surface area contributed by atoms with Crippen LogP contribution in [-0.4, -0.2) is 23.0 Å². The summed E-state index contributed by atoms with van der Waals surface area (Å²) < 4.78 is 5.14. The van der Waals surface area contributed by atoms with Crippen LogP contribution in [0.3, 0.4) is 0 Å². The maximum Gasteiger partial charge on any atom is 0.350 e. The average Bonchev–Trinajstić information content (AvgIpc) is 2.79. The zero-order valence-corrected chi connectivity index (χ0v) is 13.9. The Hall–Kier alpha value is -1.92. The Morgan fingerprint density at radius 1 is 1.32 bits per heavy atom. The SMILES string of the molecule is Cc1nc(NC(=O)c2ccccc2Cl)sc1C(=O)OC(C)C. The highest BCUT2D eigenvalue weighted by atomic mass is 35.5. The van der Waals surface area contributed by atoms with Gasteiger partial charge in [0.25, 0.3) is 5.91 Å². The fourth-order valence-electron chi connectivity index (χ4n) is 1.72. The lowest BCUT2D eigenvalue weighted by Gasteiger charge is -2.05. The van der Waals surface area contributed by atoms with Crippen LogP contribution < -0.4 is 5.32 Å². The normalized spacial score (nSPS) is 10.6. The highest BCUT2D eigenvalue weighted by molar-refractivity contribution is 7.17. The van der Waals surface area contributed by atoms with Crippen molar-refractivity contribution in [2.75, 3.05) is 5.32 Å². The maximum atomic E-state index is 12.2. The summed E-state index contributed by atoms with van der Waals surface area (Å²) in [6, 6.07) is 6.72. The van der Waals surface area contributed by atoms with Crippen LogP contribution in [0.5, 0.6) is 0 Å². The molecule has 1 heterocycles. The van der Waals surface area contributed by atoms with Gasteiger partial charge in [-0.1, -0.05) is 35.1 Å². The summed E-state index contributed by atoms with van der Waals surface area (Å²) in [6.45, 7) is 5.24. The minimum Gasteiger partial charge on any atom is -0.459 e. The molecule has 0 saturated carbocycles. The van der Waals surface area contributed by atoms with Gasteiger partial charge in [0.1, 0.15) is 4.88 Å². The van der Waals surface area contributed by atoms with Crippen molar-refractivity contribution in [3.63, 3.8) is 0 Å². The molecule has 1 aromatic heterocycles. The van der Waals surface area contributed by atoms with Crippen molar-refractivity contribution in [3.8, 4) is 0 Å². The zero-order chi connectivity index (χ0) is 16.3. The highest BCUT2D eigenvalue weighted by Crippen LogP contribution is 2.25. The van der Waals surface area contributed by atoms with Crippen molar-refractivity contribution in [1.29, 1.82) is 0 Å². The monoisotopic (exact) mass is 338 g/mol. The number of hydrogen-bond donors (Lipinski definition) is 1. The van der Waals surface area contributed by atoms with Gasteiger partial charge in [0.2, 0.25) is 0 Å². The van der Waals surface area contributed by atoms with Crippen molar-refractivity contribution in [2.24, 2.45) is 0 Å². The molecule has 0 fully saturated rings. The van der Waals surface area contributed by atoms with Crippen molar-refractivity contribution < 1.29 is 14.3 Å². The Balaban J connectivity index is 2.16. The van der Waals surface area contributed by atoms with E-state index >= 15 is 0 Å². The summed E-state index contributed by atoms with van der Waals surface area (Å²) in [6.07, 6.45) is -0.213. The Bertz CT molecular complexity index is 713. The third-order valence-electron chi connectivity index (χ3n) is 2.66. The number of nitrogens with zero attached hydrogens (tertiary/aromatic N) is 1. The van der Waals surface area contributed by atoms with E-state index in [1.165, 1.54) is 0 Å². The number of halogens is 1. The van der Waals surface area contributed by atoms with Crippen molar-refractivity contribution >= 4 is 39.9 Å². The number of amides is 1. The van der Waals surface area contributed by atoms with Crippen molar-refractivity contribution in [3.05, 3.63) is 45.4 Å². The highest BCUT2D eigenvalue weighted by Gasteiger charge is 2.19. The second-order valence-electron chi connectivity index (χ2n) is 4.82. The number of rotatable bonds is 4. The van der Waals surface area contributed by atoms with E-state index in [4.69, 9.17) is 16.3 Å². The van der Waals surface area contributed by atoms with Gasteiger partial charge in [-0.05, 0) is 32.9 Å². The second-order valence-corrected chi connectivity index (χ2v) is 6.23. The molecule has 0 atom stereocenters. The molecule has 0 aliphatic carbocycles. The molecule has 2 aromatic rings. The molecule has 0 radical (unpaired) electrons. The summed E-state index contributed by atoms with van der Waals surface area (Å²) in [4.78, 5) is 28.6. The first-order valence-corrected chi connectivity index (χ1v) is 7.82.